The highest BCUT2D eigenvalue weighted by Gasteiger charge is 2.35. The average molecular weight is 335 g/mol. The van der Waals surface area contributed by atoms with Gasteiger partial charge in [0.05, 0.1) is 29.1 Å². The summed E-state index contributed by atoms with van der Waals surface area (Å²) in [5.74, 6) is -0.588. The summed E-state index contributed by atoms with van der Waals surface area (Å²) in [6, 6.07) is 6.09. The van der Waals surface area contributed by atoms with E-state index in [2.05, 4.69) is 20.4 Å². The van der Waals surface area contributed by atoms with Crippen LogP contribution in [0.5, 0.6) is 0 Å². The van der Waals surface area contributed by atoms with Crippen LogP contribution in [0.25, 0.3) is 0 Å². The van der Waals surface area contributed by atoms with Crippen LogP contribution in [0.15, 0.2) is 24.3 Å². The molecule has 0 spiro atoms. The van der Waals surface area contributed by atoms with Gasteiger partial charge in [-0.15, -0.1) is 5.10 Å². The summed E-state index contributed by atoms with van der Waals surface area (Å²) in [4.78, 5) is 15.4. The summed E-state index contributed by atoms with van der Waals surface area (Å²) in [6.45, 7) is 2.87. The lowest BCUT2D eigenvalue weighted by molar-refractivity contribution is -0.134. The fraction of sp³-hybridized carbons (Fsp3) is 0.400. The van der Waals surface area contributed by atoms with Crippen LogP contribution in [0, 0.1) is 18.7 Å². The molecule has 0 saturated carbocycles. The van der Waals surface area contributed by atoms with Crippen molar-refractivity contribution in [3.8, 4) is 0 Å². The Labute approximate surface area is 137 Å². The molecule has 0 aliphatic carbocycles. The van der Waals surface area contributed by atoms with Crippen LogP contribution in [-0.4, -0.2) is 34.0 Å². The van der Waals surface area contributed by atoms with Crippen molar-refractivity contribution in [3.63, 3.8) is 0 Å². The summed E-state index contributed by atoms with van der Waals surface area (Å²) < 4.78 is 17.3. The predicted molar refractivity (Wildman–Crippen MR) is 84.9 cm³/mol. The molecule has 1 amide bonds. The van der Waals surface area contributed by atoms with Crippen molar-refractivity contribution in [3.05, 3.63) is 46.2 Å². The number of halogens is 1. The molecule has 1 fully saturated rings. The number of hydrogen-bond acceptors (Lipinski definition) is 6. The Morgan fingerprint density at radius 3 is 3.04 bits per heavy atom. The van der Waals surface area contributed by atoms with E-state index in [4.69, 9.17) is 0 Å². The molecule has 3 rings (SSSR count). The van der Waals surface area contributed by atoms with E-state index in [1.165, 1.54) is 23.7 Å². The van der Waals surface area contributed by atoms with E-state index in [-0.39, 0.29) is 23.7 Å². The highest BCUT2D eigenvalue weighted by Crippen LogP contribution is 2.27. The Morgan fingerprint density at radius 1 is 1.52 bits per heavy atom. The molecule has 2 unspecified atom stereocenters. The van der Waals surface area contributed by atoms with E-state index in [1.54, 1.807) is 18.0 Å². The number of benzene rings is 1. The quantitative estimate of drug-likeness (QED) is 0.884. The Bertz CT molecular complexity index is 707. The number of hydrazine groups is 1. The largest absolute Gasteiger partial charge is 0.340 e. The molecule has 6 nitrogen and oxygen atoms in total. The first-order valence-electron chi connectivity index (χ1n) is 7.33. The van der Waals surface area contributed by atoms with Gasteiger partial charge in [0.15, 0.2) is 0 Å². The van der Waals surface area contributed by atoms with E-state index < -0.39 is 0 Å². The zero-order valence-corrected chi connectivity index (χ0v) is 13.7. The molecule has 1 saturated heterocycles. The first-order valence-corrected chi connectivity index (χ1v) is 8.10. The van der Waals surface area contributed by atoms with Crippen molar-refractivity contribution < 1.29 is 9.18 Å². The van der Waals surface area contributed by atoms with Gasteiger partial charge in [-0.25, -0.2) is 9.82 Å². The van der Waals surface area contributed by atoms with Crippen LogP contribution in [0.4, 0.5) is 4.39 Å². The lowest BCUT2D eigenvalue weighted by Crippen LogP contribution is -2.36. The lowest BCUT2D eigenvalue weighted by Gasteiger charge is -2.24. The van der Waals surface area contributed by atoms with Crippen LogP contribution in [0.1, 0.15) is 22.2 Å². The van der Waals surface area contributed by atoms with Gasteiger partial charge < -0.3 is 4.90 Å². The second-order valence-electron chi connectivity index (χ2n) is 5.64. The van der Waals surface area contributed by atoms with Gasteiger partial charge in [0.1, 0.15) is 5.82 Å². The lowest BCUT2D eigenvalue weighted by atomic mass is 9.93. The number of nitrogens with zero attached hydrogens (tertiary/aromatic N) is 3. The molecule has 0 radical (unpaired) electrons. The Hall–Kier alpha value is -1.90. The van der Waals surface area contributed by atoms with E-state index in [0.29, 0.717) is 13.1 Å². The minimum Gasteiger partial charge on any atom is -0.340 e. The van der Waals surface area contributed by atoms with Gasteiger partial charge in [-0.3, -0.25) is 10.2 Å². The van der Waals surface area contributed by atoms with Gasteiger partial charge >= 0.3 is 0 Å². The van der Waals surface area contributed by atoms with Crippen molar-refractivity contribution in [2.45, 2.75) is 19.5 Å². The summed E-state index contributed by atoms with van der Waals surface area (Å²) in [6.07, 6.45) is 0. The predicted octanol–water partition coefficient (Wildman–Crippen LogP) is 1.41. The number of carbonyl (C=O) groups is 1. The Kier molecular flexibility index (Phi) is 4.65. The molecule has 2 atom stereocenters. The maximum Gasteiger partial charge on any atom is 0.229 e. The molecule has 1 aromatic heterocycles. The van der Waals surface area contributed by atoms with E-state index in [9.17, 15) is 9.18 Å². The van der Waals surface area contributed by atoms with Gasteiger partial charge in [0, 0.05) is 13.6 Å². The van der Waals surface area contributed by atoms with Crippen molar-refractivity contribution in [1.82, 2.24) is 25.3 Å². The van der Waals surface area contributed by atoms with Crippen LogP contribution in [0.2, 0.25) is 0 Å². The summed E-state index contributed by atoms with van der Waals surface area (Å²) in [5, 5.41) is 3.96. The molecule has 8 heteroatoms. The third-order valence-electron chi connectivity index (χ3n) is 4.01. The summed E-state index contributed by atoms with van der Waals surface area (Å²) >= 11 is 1.30. The molecule has 1 aliphatic heterocycles. The second kappa shape index (κ2) is 6.69. The topological polar surface area (TPSA) is 70.2 Å². The number of rotatable bonds is 4. The van der Waals surface area contributed by atoms with Crippen LogP contribution in [-0.2, 0) is 11.3 Å². The zero-order valence-electron chi connectivity index (χ0n) is 12.9. The second-order valence-corrected chi connectivity index (χ2v) is 6.48. The number of aromatic nitrogens is 2. The van der Waals surface area contributed by atoms with Gasteiger partial charge in [-0.2, -0.15) is 0 Å². The van der Waals surface area contributed by atoms with Gasteiger partial charge in [0.2, 0.25) is 5.91 Å². The van der Waals surface area contributed by atoms with Crippen LogP contribution in [0.3, 0.4) is 0 Å². The first kappa shape index (κ1) is 16.0. The summed E-state index contributed by atoms with van der Waals surface area (Å²) in [7, 11) is 1.77. The molecule has 0 bridgehead atoms. The number of hydrogen-bond donors (Lipinski definition) is 2. The van der Waals surface area contributed by atoms with Gasteiger partial charge in [0.25, 0.3) is 0 Å². The van der Waals surface area contributed by atoms with Crippen LogP contribution >= 0.6 is 11.5 Å². The third kappa shape index (κ3) is 3.39. The highest BCUT2D eigenvalue weighted by molar-refractivity contribution is 7.05. The maximum atomic E-state index is 13.4. The van der Waals surface area contributed by atoms with Crippen molar-refractivity contribution in [2.75, 3.05) is 13.6 Å². The zero-order chi connectivity index (χ0) is 16.4. The summed E-state index contributed by atoms with van der Waals surface area (Å²) in [5.41, 5.74) is 7.68. The number of nitrogens with one attached hydrogen (secondary N) is 2. The molecule has 23 heavy (non-hydrogen) atoms. The van der Waals surface area contributed by atoms with E-state index in [1.807, 2.05) is 13.0 Å². The SMILES string of the molecule is Cc1nnsc1CN(C)C(=O)C1CNNC1c1cccc(F)c1. The number of aryl methyl sites for hydroxylation is 1. The molecule has 2 aromatic rings. The smallest absolute Gasteiger partial charge is 0.229 e. The highest BCUT2D eigenvalue weighted by atomic mass is 32.1. The average Bonchev–Trinajstić information content (AvgIpc) is 3.16. The normalized spacial score (nSPS) is 20.7. The standard InChI is InChI=1S/C15H18FN5OS/c1-9-13(23-20-18-9)8-21(2)15(22)12-7-17-19-14(12)10-4-3-5-11(16)6-10/h3-6,12,14,17,19H,7-8H2,1-2H3. The molecule has 1 aromatic carbocycles. The van der Waals surface area contributed by atoms with E-state index in [0.717, 1.165) is 16.1 Å². The fourth-order valence-corrected chi connectivity index (χ4v) is 3.40. The fourth-order valence-electron chi connectivity index (χ4n) is 2.72. The molecular formula is C15H18FN5OS. The molecule has 122 valence electrons. The number of carbonyl (C=O) groups excluding carboxylic acids is 1. The van der Waals surface area contributed by atoms with Crippen molar-refractivity contribution in [2.24, 2.45) is 5.92 Å². The monoisotopic (exact) mass is 335 g/mol. The molecule has 2 heterocycles. The van der Waals surface area contributed by atoms with Gasteiger partial charge in [-0.05, 0) is 36.2 Å². The minimum atomic E-state index is -0.304. The molecular weight excluding hydrogens is 317 g/mol. The Balaban J connectivity index is 1.74. The first-order chi connectivity index (χ1) is 11.1. The van der Waals surface area contributed by atoms with Crippen molar-refractivity contribution >= 4 is 17.4 Å². The maximum absolute atomic E-state index is 13.4. The van der Waals surface area contributed by atoms with E-state index >= 15 is 0 Å². The molecule has 2 N–H and O–H groups in total. The molecule has 1 aliphatic rings. The van der Waals surface area contributed by atoms with Crippen molar-refractivity contribution in [1.29, 1.82) is 0 Å². The number of amides is 1. The third-order valence-corrected chi connectivity index (χ3v) is 4.82. The minimum absolute atomic E-state index is 0.00422. The Morgan fingerprint density at radius 2 is 2.35 bits per heavy atom. The van der Waals surface area contributed by atoms with Gasteiger partial charge in [-0.1, -0.05) is 16.6 Å². The van der Waals surface area contributed by atoms with Crippen LogP contribution < -0.4 is 10.9 Å².